The van der Waals surface area contributed by atoms with E-state index < -0.39 is 47.9 Å². The largest absolute Gasteiger partial charge is 0.467 e. The molecule has 0 saturated heterocycles. The Labute approximate surface area is 252 Å². The van der Waals surface area contributed by atoms with E-state index in [1.54, 1.807) is 0 Å². The maximum absolute atomic E-state index is 13.6. The van der Waals surface area contributed by atoms with Gasteiger partial charge in [-0.25, -0.2) is 4.79 Å². The van der Waals surface area contributed by atoms with Crippen LogP contribution >= 0.6 is 11.8 Å². The van der Waals surface area contributed by atoms with Crippen LogP contribution in [0.5, 0.6) is 0 Å². The number of carbonyl (C=O) groups excluding carboxylic acids is 5. The third-order valence-corrected chi connectivity index (χ3v) is 7.18. The molecule has 0 bridgehead atoms. The maximum atomic E-state index is 13.6. The Morgan fingerprint density at radius 2 is 1.24 bits per heavy atom. The molecule has 0 fully saturated rings. The smallest absolute Gasteiger partial charge is 0.328 e. The number of ether oxygens (including phenoxy) is 1. The fraction of sp³-hybridized carbons (Fsp3) is 0.452. The molecule has 228 valence electrons. The fourth-order valence-electron chi connectivity index (χ4n) is 4.37. The lowest BCUT2D eigenvalue weighted by atomic mass is 10.00. The number of esters is 1. The van der Waals surface area contributed by atoms with Crippen molar-refractivity contribution in [1.82, 2.24) is 21.3 Å². The SMILES string of the molecule is COC(=O)[C@H](Cc1ccccc1)NC(=O)[C@H](Cc1ccccc1)NC(=O)[C@H](CC(C)C)NC(=O)[C@H](CCSC)NC=O. The number of thioether (sulfide) groups is 1. The second-order valence-electron chi connectivity index (χ2n) is 10.3. The van der Waals surface area contributed by atoms with Crippen LogP contribution in [-0.4, -0.2) is 73.4 Å². The Balaban J connectivity index is 2.28. The molecule has 11 heteroatoms. The number of benzene rings is 2. The third kappa shape index (κ3) is 11.9. The van der Waals surface area contributed by atoms with Crippen molar-refractivity contribution in [3.63, 3.8) is 0 Å². The molecule has 0 radical (unpaired) electrons. The zero-order valence-corrected chi connectivity index (χ0v) is 25.4. The molecular weight excluding hydrogens is 556 g/mol. The van der Waals surface area contributed by atoms with Gasteiger partial charge in [0, 0.05) is 12.8 Å². The minimum Gasteiger partial charge on any atom is -0.467 e. The van der Waals surface area contributed by atoms with Gasteiger partial charge in [-0.2, -0.15) is 11.8 Å². The standard InChI is InChI=1S/C31H42N4O6S/c1-21(2)17-25(33-28(37)24(32-20-36)15-16-42-4)29(38)34-26(18-22-11-7-5-8-12-22)30(39)35-27(31(40)41-3)19-23-13-9-6-10-14-23/h5-14,20-21,24-27H,15-19H2,1-4H3,(H,32,36)(H,33,37)(H,34,38)(H,35,39)/t24-,25-,26-,27-/m0/s1. The zero-order chi connectivity index (χ0) is 30.9. The minimum atomic E-state index is -1.05. The molecule has 0 aliphatic heterocycles. The summed E-state index contributed by atoms with van der Waals surface area (Å²) in [5.41, 5.74) is 1.63. The molecule has 0 aromatic heterocycles. The lowest BCUT2D eigenvalue weighted by Gasteiger charge is -2.27. The number of amides is 4. The predicted octanol–water partition coefficient (Wildman–Crippen LogP) is 2.01. The van der Waals surface area contributed by atoms with E-state index in [0.29, 0.717) is 25.0 Å². The lowest BCUT2D eigenvalue weighted by Crippen LogP contribution is -2.58. The van der Waals surface area contributed by atoms with Crippen molar-refractivity contribution >= 4 is 41.9 Å². The molecule has 2 aromatic rings. The number of rotatable bonds is 18. The van der Waals surface area contributed by atoms with Crippen molar-refractivity contribution in [2.75, 3.05) is 19.1 Å². The van der Waals surface area contributed by atoms with E-state index in [1.807, 2.05) is 80.8 Å². The Kier molecular flexibility index (Phi) is 15.2. The van der Waals surface area contributed by atoms with Crippen LogP contribution in [0.2, 0.25) is 0 Å². The summed E-state index contributed by atoms with van der Waals surface area (Å²) in [6, 6.07) is 14.6. The first-order valence-corrected chi connectivity index (χ1v) is 15.3. The van der Waals surface area contributed by atoms with Gasteiger partial charge in [-0.3, -0.25) is 19.2 Å². The molecule has 0 unspecified atom stereocenters. The molecule has 2 aromatic carbocycles. The first kappa shape index (κ1) is 34.3. The summed E-state index contributed by atoms with van der Waals surface area (Å²) in [4.78, 5) is 63.9. The van der Waals surface area contributed by atoms with Crippen molar-refractivity contribution in [2.24, 2.45) is 5.92 Å². The average molecular weight is 599 g/mol. The van der Waals surface area contributed by atoms with Crippen LogP contribution in [0, 0.1) is 5.92 Å². The van der Waals surface area contributed by atoms with E-state index in [1.165, 1.54) is 18.9 Å². The van der Waals surface area contributed by atoms with Crippen LogP contribution in [0.3, 0.4) is 0 Å². The van der Waals surface area contributed by atoms with Crippen molar-refractivity contribution < 1.29 is 28.7 Å². The fourth-order valence-corrected chi connectivity index (χ4v) is 4.84. The Morgan fingerprint density at radius 3 is 1.74 bits per heavy atom. The van der Waals surface area contributed by atoms with Gasteiger partial charge in [-0.05, 0) is 41.9 Å². The lowest BCUT2D eigenvalue weighted by molar-refractivity contribution is -0.145. The summed E-state index contributed by atoms with van der Waals surface area (Å²) in [6.07, 6.45) is 3.44. The van der Waals surface area contributed by atoms with Gasteiger partial charge in [-0.1, -0.05) is 74.5 Å². The highest BCUT2D eigenvalue weighted by molar-refractivity contribution is 7.98. The maximum Gasteiger partial charge on any atom is 0.328 e. The van der Waals surface area contributed by atoms with Crippen molar-refractivity contribution in [1.29, 1.82) is 0 Å². The Hall–Kier alpha value is -3.86. The molecule has 4 atom stereocenters. The molecule has 42 heavy (non-hydrogen) atoms. The molecule has 0 saturated carbocycles. The highest BCUT2D eigenvalue weighted by Gasteiger charge is 2.31. The first-order valence-electron chi connectivity index (χ1n) is 13.9. The number of hydrogen-bond donors (Lipinski definition) is 4. The summed E-state index contributed by atoms with van der Waals surface area (Å²) >= 11 is 1.54. The van der Waals surface area contributed by atoms with Gasteiger partial charge in [0.1, 0.15) is 24.2 Å². The molecule has 10 nitrogen and oxygen atoms in total. The van der Waals surface area contributed by atoms with Gasteiger partial charge in [-0.15, -0.1) is 0 Å². The van der Waals surface area contributed by atoms with E-state index in [4.69, 9.17) is 4.74 Å². The summed E-state index contributed by atoms with van der Waals surface area (Å²) < 4.78 is 4.94. The molecule has 0 heterocycles. The van der Waals surface area contributed by atoms with Gasteiger partial charge in [0.05, 0.1) is 7.11 Å². The highest BCUT2D eigenvalue weighted by atomic mass is 32.2. The molecule has 4 amide bonds. The van der Waals surface area contributed by atoms with Crippen LogP contribution in [0.4, 0.5) is 0 Å². The van der Waals surface area contributed by atoms with Crippen LogP contribution in [0.25, 0.3) is 0 Å². The monoisotopic (exact) mass is 598 g/mol. The number of methoxy groups -OCH3 is 1. The summed E-state index contributed by atoms with van der Waals surface area (Å²) in [7, 11) is 1.25. The molecule has 0 spiro atoms. The van der Waals surface area contributed by atoms with Gasteiger partial charge in [0.15, 0.2) is 0 Å². The summed E-state index contributed by atoms with van der Waals surface area (Å²) in [6.45, 7) is 3.83. The Morgan fingerprint density at radius 1 is 0.762 bits per heavy atom. The third-order valence-electron chi connectivity index (χ3n) is 6.54. The molecule has 0 aliphatic rings. The number of hydrogen-bond acceptors (Lipinski definition) is 7. The van der Waals surface area contributed by atoms with E-state index in [-0.39, 0.29) is 18.8 Å². The second kappa shape index (κ2) is 18.5. The van der Waals surface area contributed by atoms with E-state index in [2.05, 4.69) is 21.3 Å². The summed E-state index contributed by atoms with van der Waals surface area (Å²) in [5.74, 6) is -1.51. The zero-order valence-electron chi connectivity index (χ0n) is 24.6. The molecule has 2 rings (SSSR count). The van der Waals surface area contributed by atoms with E-state index in [9.17, 15) is 24.0 Å². The van der Waals surface area contributed by atoms with Crippen LogP contribution in [-0.2, 0) is 41.6 Å². The molecule has 4 N–H and O–H groups in total. The van der Waals surface area contributed by atoms with Crippen molar-refractivity contribution in [3.05, 3.63) is 71.8 Å². The Bertz CT molecular complexity index is 1150. The van der Waals surface area contributed by atoms with Crippen LogP contribution in [0.15, 0.2) is 60.7 Å². The predicted molar refractivity (Wildman–Crippen MR) is 164 cm³/mol. The van der Waals surface area contributed by atoms with Gasteiger partial charge >= 0.3 is 5.97 Å². The number of nitrogens with one attached hydrogen (secondary N) is 4. The number of carbonyl (C=O) groups is 5. The van der Waals surface area contributed by atoms with Crippen molar-refractivity contribution in [2.45, 2.75) is 63.7 Å². The van der Waals surface area contributed by atoms with Crippen molar-refractivity contribution in [3.8, 4) is 0 Å². The van der Waals surface area contributed by atoms with Gasteiger partial charge in [0.2, 0.25) is 24.1 Å². The second-order valence-corrected chi connectivity index (χ2v) is 11.3. The van der Waals surface area contributed by atoms with Gasteiger partial charge in [0.25, 0.3) is 0 Å². The minimum absolute atomic E-state index is 0.0423. The topological polar surface area (TPSA) is 143 Å². The first-order chi connectivity index (χ1) is 20.2. The van der Waals surface area contributed by atoms with Gasteiger partial charge < -0.3 is 26.0 Å². The summed E-state index contributed by atoms with van der Waals surface area (Å²) in [5, 5.41) is 10.8. The van der Waals surface area contributed by atoms with E-state index >= 15 is 0 Å². The molecular formula is C31H42N4O6S. The highest BCUT2D eigenvalue weighted by Crippen LogP contribution is 2.11. The van der Waals surface area contributed by atoms with Crippen LogP contribution in [0.1, 0.15) is 37.8 Å². The quantitative estimate of drug-likeness (QED) is 0.152. The molecule has 0 aliphatic carbocycles. The van der Waals surface area contributed by atoms with E-state index in [0.717, 1.165) is 11.1 Å². The van der Waals surface area contributed by atoms with Crippen LogP contribution < -0.4 is 21.3 Å². The average Bonchev–Trinajstić information content (AvgIpc) is 2.98. The normalized spacial score (nSPS) is 13.6.